The number of benzene rings is 5. The number of rotatable bonds is 4. The molecule has 0 radical (unpaired) electrons. The Hall–Kier alpha value is -5.87. The van der Waals surface area contributed by atoms with Crippen LogP contribution in [0.3, 0.4) is 0 Å². The second-order valence-electron chi connectivity index (χ2n) is 19.0. The molecule has 0 spiro atoms. The van der Waals surface area contributed by atoms with Crippen molar-refractivity contribution in [2.75, 3.05) is 0 Å². The van der Waals surface area contributed by atoms with Gasteiger partial charge in [0.05, 0.1) is 11.0 Å². The highest BCUT2D eigenvalue weighted by Crippen LogP contribution is 2.51. The molecule has 0 N–H and O–H groups in total. The van der Waals surface area contributed by atoms with Crippen molar-refractivity contribution in [3.05, 3.63) is 155 Å². The number of hydrogen-bond acceptors (Lipinski definition) is 3. The Morgan fingerprint density at radius 2 is 1.24 bits per heavy atom. The number of allylic oxidation sites excluding steroid dienone is 8. The van der Waals surface area contributed by atoms with Crippen LogP contribution in [0.15, 0.2) is 121 Å². The third kappa shape index (κ3) is 5.37. The van der Waals surface area contributed by atoms with E-state index >= 15 is 0 Å². The first-order valence-corrected chi connectivity index (χ1v) is 21.3. The first kappa shape index (κ1) is 35.3. The Bertz CT molecular complexity index is 3030. The second-order valence-corrected chi connectivity index (χ2v) is 19.0. The Kier molecular flexibility index (Phi) is 7.65. The number of aromatic nitrogens is 4. The van der Waals surface area contributed by atoms with Crippen LogP contribution in [-0.2, 0) is 16.2 Å². The van der Waals surface area contributed by atoms with Crippen LogP contribution in [0, 0.1) is 0 Å². The van der Waals surface area contributed by atoms with Gasteiger partial charge >= 0.3 is 0 Å². The summed E-state index contributed by atoms with van der Waals surface area (Å²) < 4.78 is 2.57. The van der Waals surface area contributed by atoms with Crippen LogP contribution in [-0.4, -0.2) is 19.5 Å². The van der Waals surface area contributed by atoms with Crippen molar-refractivity contribution in [1.82, 2.24) is 19.5 Å². The van der Waals surface area contributed by atoms with E-state index in [0.717, 1.165) is 59.9 Å². The number of hydrogen-bond donors (Lipinski definition) is 0. The molecule has 4 aliphatic carbocycles. The maximum absolute atomic E-state index is 5.33. The summed E-state index contributed by atoms with van der Waals surface area (Å²) in [7, 11) is 0. The quantitative estimate of drug-likeness (QED) is 0.180. The molecule has 4 heteroatoms. The zero-order valence-corrected chi connectivity index (χ0v) is 34.6. The lowest BCUT2D eigenvalue weighted by molar-refractivity contribution is 0.332. The molecule has 58 heavy (non-hydrogen) atoms. The first-order chi connectivity index (χ1) is 28.0. The summed E-state index contributed by atoms with van der Waals surface area (Å²) in [5, 5.41) is 5.20. The molecule has 0 atom stereocenters. The summed E-state index contributed by atoms with van der Waals surface area (Å²) in [4.78, 5) is 15.8. The first-order valence-electron chi connectivity index (χ1n) is 21.3. The average molecular weight is 755 g/mol. The van der Waals surface area contributed by atoms with E-state index in [1.54, 1.807) is 0 Å². The minimum Gasteiger partial charge on any atom is -0.313 e. The Morgan fingerprint density at radius 3 is 2.03 bits per heavy atom. The van der Waals surface area contributed by atoms with Gasteiger partial charge in [-0.2, -0.15) is 0 Å². The monoisotopic (exact) mass is 754 g/mol. The molecule has 0 amide bonds. The zero-order valence-electron chi connectivity index (χ0n) is 34.6. The highest BCUT2D eigenvalue weighted by Gasteiger charge is 2.38. The van der Waals surface area contributed by atoms with Gasteiger partial charge in [-0.1, -0.05) is 127 Å². The molecular formula is C54H50N4. The van der Waals surface area contributed by atoms with Crippen LogP contribution >= 0.6 is 0 Å². The SMILES string of the molecule is CC1(C)CCC(C)(C)c2cc3c(cc21)c1cc2ccccc2cc1n3C1=CC(c2nc(C3=CC=CCC3)nc(-c3ccc4c(c3)C(C)(C)c3ccccc3-4)n2)=CCC1. The zero-order chi connectivity index (χ0) is 39.6. The third-order valence-corrected chi connectivity index (χ3v) is 14.0. The molecule has 0 saturated carbocycles. The molecule has 7 aromatic rings. The fraction of sp³-hybridized carbons (Fsp3) is 0.278. The van der Waals surface area contributed by atoms with Gasteiger partial charge < -0.3 is 4.57 Å². The van der Waals surface area contributed by atoms with Crippen molar-refractivity contribution < 1.29 is 0 Å². The second kappa shape index (κ2) is 12.6. The van der Waals surface area contributed by atoms with Crippen LogP contribution in [0.2, 0.25) is 0 Å². The topological polar surface area (TPSA) is 43.6 Å². The lowest BCUT2D eigenvalue weighted by Gasteiger charge is -2.42. The Balaban J connectivity index is 1.10. The normalized spacial score (nSPS) is 18.8. The fourth-order valence-electron chi connectivity index (χ4n) is 10.5. The van der Waals surface area contributed by atoms with E-state index in [2.05, 4.69) is 167 Å². The van der Waals surface area contributed by atoms with Crippen LogP contribution < -0.4 is 0 Å². The minimum absolute atomic E-state index is 0.104. The fourth-order valence-corrected chi connectivity index (χ4v) is 10.5. The third-order valence-electron chi connectivity index (χ3n) is 14.0. The summed E-state index contributed by atoms with van der Waals surface area (Å²) in [5.41, 5.74) is 15.5. The van der Waals surface area contributed by atoms with E-state index in [4.69, 9.17) is 15.0 Å². The molecule has 0 unspecified atom stereocenters. The van der Waals surface area contributed by atoms with E-state index in [0.29, 0.717) is 0 Å². The smallest absolute Gasteiger partial charge is 0.164 e. The van der Waals surface area contributed by atoms with Crippen LogP contribution in [0.25, 0.3) is 71.9 Å². The van der Waals surface area contributed by atoms with Gasteiger partial charge in [-0.3, -0.25) is 0 Å². The van der Waals surface area contributed by atoms with Crippen molar-refractivity contribution in [2.45, 2.75) is 96.3 Å². The van der Waals surface area contributed by atoms with Crippen LogP contribution in [0.1, 0.15) is 114 Å². The van der Waals surface area contributed by atoms with Gasteiger partial charge in [-0.25, -0.2) is 15.0 Å². The Labute approximate surface area is 341 Å². The van der Waals surface area contributed by atoms with Gasteiger partial charge in [0, 0.05) is 33.0 Å². The molecule has 0 aliphatic heterocycles. The summed E-state index contributed by atoms with van der Waals surface area (Å²) in [6.07, 6.45) is 17.4. The van der Waals surface area contributed by atoms with Gasteiger partial charge in [0.2, 0.25) is 0 Å². The predicted molar refractivity (Wildman–Crippen MR) is 243 cm³/mol. The summed E-state index contributed by atoms with van der Waals surface area (Å²) in [6, 6.07) is 34.4. The van der Waals surface area contributed by atoms with Crippen LogP contribution in [0.5, 0.6) is 0 Å². The molecule has 0 saturated heterocycles. The van der Waals surface area contributed by atoms with Crippen molar-refractivity contribution in [3.8, 4) is 22.5 Å². The molecule has 4 nitrogen and oxygen atoms in total. The molecule has 11 rings (SSSR count). The molecule has 0 fully saturated rings. The van der Waals surface area contributed by atoms with Crippen molar-refractivity contribution in [3.63, 3.8) is 0 Å². The van der Waals surface area contributed by atoms with Crippen molar-refractivity contribution in [2.24, 2.45) is 0 Å². The lowest BCUT2D eigenvalue weighted by Crippen LogP contribution is -2.33. The minimum atomic E-state index is -0.112. The molecule has 286 valence electrons. The Morgan fingerprint density at radius 1 is 0.569 bits per heavy atom. The highest BCUT2D eigenvalue weighted by atomic mass is 15.0. The van der Waals surface area contributed by atoms with Crippen LogP contribution in [0.4, 0.5) is 0 Å². The summed E-state index contributed by atoms with van der Waals surface area (Å²) in [6.45, 7) is 14.4. The van der Waals surface area contributed by atoms with Crippen molar-refractivity contribution in [1.29, 1.82) is 0 Å². The van der Waals surface area contributed by atoms with E-state index < -0.39 is 0 Å². The number of fused-ring (bicyclic) bond motifs is 8. The van der Waals surface area contributed by atoms with E-state index in [1.165, 1.54) is 84.5 Å². The van der Waals surface area contributed by atoms with Gasteiger partial charge in [-0.15, -0.1) is 0 Å². The summed E-state index contributed by atoms with van der Waals surface area (Å²) >= 11 is 0. The molecule has 4 aliphatic rings. The van der Waals surface area contributed by atoms with E-state index in [9.17, 15) is 0 Å². The molecule has 2 aromatic heterocycles. The van der Waals surface area contributed by atoms with Gasteiger partial charge in [-0.05, 0) is 135 Å². The van der Waals surface area contributed by atoms with Gasteiger partial charge in [0.15, 0.2) is 17.5 Å². The molecule has 5 aromatic carbocycles. The van der Waals surface area contributed by atoms with E-state index in [1.807, 2.05) is 0 Å². The standard InChI is InChI=1S/C54H50N4/c1-52(2)25-26-53(3,4)46-32-48-42(31-45(46)52)41-28-34-17-10-11-18-35(34)30-47(41)58(48)38-20-14-19-36(27-38)50-55-49(33-15-8-7-9-16-33)56-51(57-50)37-23-24-40-39-21-12-13-22-43(39)54(5,6)44(40)29-37/h7-8,10-13,15,17-19,21-24,27-32H,9,14,16,20,25-26H2,1-6H3. The van der Waals surface area contributed by atoms with Gasteiger partial charge in [0.25, 0.3) is 0 Å². The number of nitrogens with zero attached hydrogens (tertiary/aromatic N) is 4. The molecule has 0 bridgehead atoms. The lowest BCUT2D eigenvalue weighted by atomic mass is 9.63. The highest BCUT2D eigenvalue weighted by molar-refractivity contribution is 6.15. The predicted octanol–water partition coefficient (Wildman–Crippen LogP) is 13.9. The maximum atomic E-state index is 5.33. The summed E-state index contributed by atoms with van der Waals surface area (Å²) in [5.74, 6) is 2.24. The van der Waals surface area contributed by atoms with E-state index in [-0.39, 0.29) is 16.2 Å². The average Bonchev–Trinajstić information content (AvgIpc) is 3.68. The maximum Gasteiger partial charge on any atom is 0.164 e. The van der Waals surface area contributed by atoms with Crippen molar-refractivity contribution >= 4 is 49.4 Å². The molecular weight excluding hydrogens is 705 g/mol. The largest absolute Gasteiger partial charge is 0.313 e. The van der Waals surface area contributed by atoms with Gasteiger partial charge in [0.1, 0.15) is 0 Å². The molecule has 2 heterocycles.